The van der Waals surface area contributed by atoms with Gasteiger partial charge in [-0.05, 0) is 36.4 Å². The molecule has 1 aromatic heterocycles. The van der Waals surface area contributed by atoms with E-state index in [1.54, 1.807) is 67.8 Å². The molecular weight excluding hydrogens is 356 g/mol. The van der Waals surface area contributed by atoms with Crippen LogP contribution in [0.2, 0.25) is 0 Å². The average Bonchev–Trinajstić information content (AvgIpc) is 2.74. The fourth-order valence-electron chi connectivity index (χ4n) is 2.92. The Morgan fingerprint density at radius 2 is 1.46 bits per heavy atom. The van der Waals surface area contributed by atoms with Gasteiger partial charge in [-0.2, -0.15) is 0 Å². The van der Waals surface area contributed by atoms with Crippen LogP contribution in [0, 0.1) is 0 Å². The zero-order valence-corrected chi connectivity index (χ0v) is 15.0. The number of rotatable bonds is 4. The van der Waals surface area contributed by atoms with Crippen LogP contribution in [-0.4, -0.2) is 13.1 Å². The van der Waals surface area contributed by atoms with E-state index in [0.29, 0.717) is 28.0 Å². The van der Waals surface area contributed by atoms with Crippen molar-refractivity contribution in [3.63, 3.8) is 0 Å². The van der Waals surface area contributed by atoms with E-state index >= 15 is 0 Å². The SMILES string of the molecule is COc1ccc(OC(=O)c2c(-c3ccccc3)oc3ccccc3c2=O)cc1. The first kappa shape index (κ1) is 17.5. The summed E-state index contributed by atoms with van der Waals surface area (Å²) >= 11 is 0. The second-order valence-electron chi connectivity index (χ2n) is 6.06. The number of hydrogen-bond donors (Lipinski definition) is 0. The first-order chi connectivity index (χ1) is 13.7. The molecule has 0 fully saturated rings. The van der Waals surface area contributed by atoms with Gasteiger partial charge in [0.2, 0.25) is 5.43 Å². The Labute approximate surface area is 160 Å². The number of methoxy groups -OCH3 is 1. The summed E-state index contributed by atoms with van der Waals surface area (Å²) in [7, 11) is 1.55. The normalized spacial score (nSPS) is 10.6. The lowest BCUT2D eigenvalue weighted by Crippen LogP contribution is -2.21. The number of esters is 1. The second kappa shape index (κ2) is 7.40. The van der Waals surface area contributed by atoms with Crippen molar-refractivity contribution < 1.29 is 18.7 Å². The topological polar surface area (TPSA) is 65.7 Å². The van der Waals surface area contributed by atoms with Gasteiger partial charge in [-0.3, -0.25) is 4.79 Å². The highest BCUT2D eigenvalue weighted by Gasteiger charge is 2.24. The molecule has 5 heteroatoms. The van der Waals surface area contributed by atoms with E-state index in [-0.39, 0.29) is 11.3 Å². The van der Waals surface area contributed by atoms with E-state index in [0.717, 1.165) is 0 Å². The number of fused-ring (bicyclic) bond motifs is 1. The predicted octanol–water partition coefficient (Wildman–Crippen LogP) is 4.69. The van der Waals surface area contributed by atoms with Gasteiger partial charge in [0.05, 0.1) is 12.5 Å². The smallest absolute Gasteiger partial charge is 0.351 e. The Hall–Kier alpha value is -3.86. The molecule has 0 radical (unpaired) electrons. The maximum Gasteiger partial charge on any atom is 0.351 e. The Bertz CT molecular complexity index is 1190. The van der Waals surface area contributed by atoms with E-state index in [4.69, 9.17) is 13.9 Å². The van der Waals surface area contributed by atoms with E-state index in [1.807, 2.05) is 18.2 Å². The van der Waals surface area contributed by atoms with Crippen molar-refractivity contribution in [1.82, 2.24) is 0 Å². The van der Waals surface area contributed by atoms with Crippen molar-refractivity contribution >= 4 is 16.9 Å². The average molecular weight is 372 g/mol. The minimum atomic E-state index is -0.775. The summed E-state index contributed by atoms with van der Waals surface area (Å²) in [5.41, 5.74) is 0.458. The van der Waals surface area contributed by atoms with Gasteiger partial charge >= 0.3 is 5.97 Å². The highest BCUT2D eigenvalue weighted by molar-refractivity contribution is 6.00. The van der Waals surface area contributed by atoms with Gasteiger partial charge < -0.3 is 13.9 Å². The summed E-state index contributed by atoms with van der Waals surface area (Å²) in [5, 5.41) is 0.323. The molecule has 0 amide bonds. The van der Waals surface area contributed by atoms with Gasteiger partial charge in [-0.1, -0.05) is 42.5 Å². The standard InChI is InChI=1S/C23H16O5/c1-26-16-11-13-17(14-12-16)27-23(25)20-21(24)18-9-5-6-10-19(18)28-22(20)15-7-3-2-4-8-15/h2-14H,1H3. The predicted molar refractivity (Wildman–Crippen MR) is 106 cm³/mol. The third kappa shape index (κ3) is 3.25. The van der Waals surface area contributed by atoms with Crippen LogP contribution >= 0.6 is 0 Å². The largest absolute Gasteiger partial charge is 0.497 e. The van der Waals surface area contributed by atoms with Crippen LogP contribution in [-0.2, 0) is 0 Å². The first-order valence-electron chi connectivity index (χ1n) is 8.65. The van der Waals surface area contributed by atoms with Crippen molar-refractivity contribution in [2.24, 2.45) is 0 Å². The third-order valence-corrected chi connectivity index (χ3v) is 4.31. The van der Waals surface area contributed by atoms with Crippen LogP contribution in [0.1, 0.15) is 10.4 Å². The van der Waals surface area contributed by atoms with Gasteiger partial charge in [0.1, 0.15) is 17.1 Å². The zero-order chi connectivity index (χ0) is 19.5. The summed E-state index contributed by atoms with van der Waals surface area (Å²) in [6, 6.07) is 22.4. The fourth-order valence-corrected chi connectivity index (χ4v) is 2.92. The minimum absolute atomic E-state index is 0.138. The van der Waals surface area contributed by atoms with Crippen molar-refractivity contribution in [2.45, 2.75) is 0 Å². The molecule has 0 saturated heterocycles. The number of hydrogen-bond acceptors (Lipinski definition) is 5. The summed E-state index contributed by atoms with van der Waals surface area (Å²) in [5.74, 6) is 0.346. The van der Waals surface area contributed by atoms with E-state index in [2.05, 4.69) is 0 Å². The van der Waals surface area contributed by atoms with Crippen LogP contribution in [0.25, 0.3) is 22.3 Å². The van der Waals surface area contributed by atoms with Crippen LogP contribution < -0.4 is 14.9 Å². The molecule has 138 valence electrons. The monoisotopic (exact) mass is 372 g/mol. The van der Waals surface area contributed by atoms with Crippen LogP contribution in [0.4, 0.5) is 0 Å². The molecule has 0 atom stereocenters. The van der Waals surface area contributed by atoms with Crippen LogP contribution in [0.15, 0.2) is 88.1 Å². The molecule has 0 spiro atoms. The second-order valence-corrected chi connectivity index (χ2v) is 6.06. The molecule has 5 nitrogen and oxygen atoms in total. The Morgan fingerprint density at radius 1 is 0.821 bits per heavy atom. The zero-order valence-electron chi connectivity index (χ0n) is 15.0. The first-order valence-corrected chi connectivity index (χ1v) is 8.65. The van der Waals surface area contributed by atoms with Gasteiger partial charge in [0.15, 0.2) is 11.3 Å². The highest BCUT2D eigenvalue weighted by Crippen LogP contribution is 2.27. The molecule has 28 heavy (non-hydrogen) atoms. The molecule has 0 unspecified atom stereocenters. The van der Waals surface area contributed by atoms with Gasteiger partial charge in [-0.25, -0.2) is 4.79 Å². The number of para-hydroxylation sites is 1. The van der Waals surface area contributed by atoms with Crippen LogP contribution in [0.3, 0.4) is 0 Å². The van der Waals surface area contributed by atoms with Gasteiger partial charge in [0, 0.05) is 5.56 Å². The van der Waals surface area contributed by atoms with E-state index < -0.39 is 11.4 Å². The molecule has 0 N–H and O–H groups in total. The van der Waals surface area contributed by atoms with Crippen LogP contribution in [0.5, 0.6) is 11.5 Å². The molecule has 1 heterocycles. The quantitative estimate of drug-likeness (QED) is 0.384. The number of benzene rings is 3. The molecule has 0 aliphatic rings. The van der Waals surface area contributed by atoms with Crippen molar-refractivity contribution in [3.8, 4) is 22.8 Å². The Balaban J connectivity index is 1.85. The van der Waals surface area contributed by atoms with Crippen molar-refractivity contribution in [3.05, 3.63) is 94.6 Å². The number of ether oxygens (including phenoxy) is 2. The molecular formula is C23H16O5. The lowest BCUT2D eigenvalue weighted by molar-refractivity contribution is 0.0732. The van der Waals surface area contributed by atoms with E-state index in [9.17, 15) is 9.59 Å². The minimum Gasteiger partial charge on any atom is -0.497 e. The maximum absolute atomic E-state index is 13.1. The molecule has 0 aliphatic heterocycles. The van der Waals surface area contributed by atoms with Crippen molar-refractivity contribution in [2.75, 3.05) is 7.11 Å². The fraction of sp³-hybridized carbons (Fsp3) is 0.0435. The van der Waals surface area contributed by atoms with Crippen molar-refractivity contribution in [1.29, 1.82) is 0 Å². The number of carbonyl (C=O) groups excluding carboxylic acids is 1. The van der Waals surface area contributed by atoms with E-state index in [1.165, 1.54) is 0 Å². The van der Waals surface area contributed by atoms with Gasteiger partial charge in [0.25, 0.3) is 0 Å². The molecule has 4 rings (SSSR count). The molecule has 4 aromatic rings. The summed E-state index contributed by atoms with van der Waals surface area (Å²) < 4.78 is 16.5. The summed E-state index contributed by atoms with van der Waals surface area (Å²) in [4.78, 5) is 26.0. The highest BCUT2D eigenvalue weighted by atomic mass is 16.5. The third-order valence-electron chi connectivity index (χ3n) is 4.31. The molecule has 0 bridgehead atoms. The summed E-state index contributed by atoms with van der Waals surface area (Å²) in [6.07, 6.45) is 0. The molecule has 3 aromatic carbocycles. The Kier molecular flexibility index (Phi) is 4.64. The lowest BCUT2D eigenvalue weighted by Gasteiger charge is -2.10. The number of carbonyl (C=O) groups is 1. The summed E-state index contributed by atoms with van der Waals surface area (Å²) in [6.45, 7) is 0. The van der Waals surface area contributed by atoms with Gasteiger partial charge in [-0.15, -0.1) is 0 Å². The molecule has 0 aliphatic carbocycles. The molecule has 0 saturated carbocycles. The lowest BCUT2D eigenvalue weighted by atomic mass is 10.0. The maximum atomic E-state index is 13.1. The Morgan fingerprint density at radius 3 is 2.18 bits per heavy atom.